The molecule has 0 aromatic heterocycles. The van der Waals surface area contributed by atoms with Crippen LogP contribution in [0.5, 0.6) is 0 Å². The van der Waals surface area contributed by atoms with Gasteiger partial charge in [0.2, 0.25) is 0 Å². The molecule has 0 bridgehead atoms. The predicted octanol–water partition coefficient (Wildman–Crippen LogP) is 4.25. The van der Waals surface area contributed by atoms with Crippen molar-refractivity contribution in [3.8, 4) is 0 Å². The molecule has 0 fully saturated rings. The van der Waals surface area contributed by atoms with E-state index in [0.717, 1.165) is 30.9 Å². The first-order valence-electron chi connectivity index (χ1n) is 7.97. The number of carbonyl (C=O) groups is 1. The number of hydrogen-bond donors (Lipinski definition) is 0. The molecule has 0 aliphatic carbocycles. The second-order valence-corrected chi connectivity index (χ2v) is 5.69. The lowest BCUT2D eigenvalue weighted by Gasteiger charge is -2.07. The molecule has 0 aliphatic rings. The van der Waals surface area contributed by atoms with Crippen LogP contribution in [0.25, 0.3) is 0 Å². The van der Waals surface area contributed by atoms with Crippen molar-refractivity contribution in [3.05, 3.63) is 35.4 Å². The fourth-order valence-electron chi connectivity index (χ4n) is 2.05. The summed E-state index contributed by atoms with van der Waals surface area (Å²) >= 11 is 0. The van der Waals surface area contributed by atoms with Crippen LogP contribution in [0.2, 0.25) is 0 Å². The molecule has 0 saturated heterocycles. The van der Waals surface area contributed by atoms with Crippen LogP contribution in [0.3, 0.4) is 0 Å². The normalized spacial score (nSPS) is 10.9. The van der Waals surface area contributed by atoms with Gasteiger partial charge in [-0.05, 0) is 36.5 Å². The second kappa shape index (κ2) is 10.4. The van der Waals surface area contributed by atoms with Crippen LogP contribution in [0.15, 0.2) is 24.3 Å². The molecule has 21 heavy (non-hydrogen) atoms. The van der Waals surface area contributed by atoms with Crippen LogP contribution in [-0.2, 0) is 15.9 Å². The van der Waals surface area contributed by atoms with Gasteiger partial charge in [-0.25, -0.2) is 4.79 Å². The largest absolute Gasteiger partial charge is 0.460 e. The Labute approximate surface area is 128 Å². The third-order valence-electron chi connectivity index (χ3n) is 3.35. The summed E-state index contributed by atoms with van der Waals surface area (Å²) in [6.45, 7) is 8.06. The Kier molecular flexibility index (Phi) is 8.76. The van der Waals surface area contributed by atoms with Crippen LogP contribution < -0.4 is 0 Å². The summed E-state index contributed by atoms with van der Waals surface area (Å²) in [5.41, 5.74) is 1.76. The average Bonchev–Trinajstić information content (AvgIpc) is 2.49. The molecule has 1 aromatic carbocycles. The standard InChI is InChI=1S/C18H28O3/c1-4-16-9-7-10-17(14-16)18(19)21-13-12-20-11-6-5-8-15(2)3/h7,9-10,14-15H,4-6,8,11-13H2,1-3H3. The number of esters is 1. The molecule has 118 valence electrons. The van der Waals surface area contributed by atoms with Gasteiger partial charge in [0.05, 0.1) is 12.2 Å². The number of carbonyl (C=O) groups excluding carboxylic acids is 1. The Morgan fingerprint density at radius 3 is 2.67 bits per heavy atom. The summed E-state index contributed by atoms with van der Waals surface area (Å²) in [4.78, 5) is 11.8. The molecule has 0 N–H and O–H groups in total. The molecule has 0 aliphatic heterocycles. The van der Waals surface area contributed by atoms with Gasteiger partial charge in [0.1, 0.15) is 6.61 Å². The minimum atomic E-state index is -0.270. The Bertz CT molecular complexity index is 413. The molecule has 3 nitrogen and oxygen atoms in total. The minimum absolute atomic E-state index is 0.270. The highest BCUT2D eigenvalue weighted by molar-refractivity contribution is 5.89. The van der Waals surface area contributed by atoms with Gasteiger partial charge >= 0.3 is 5.97 Å². The number of ether oxygens (including phenoxy) is 2. The molecule has 0 spiro atoms. The Balaban J connectivity index is 2.10. The number of aryl methyl sites for hydroxylation is 1. The lowest BCUT2D eigenvalue weighted by atomic mass is 10.1. The second-order valence-electron chi connectivity index (χ2n) is 5.69. The molecule has 0 atom stereocenters. The quantitative estimate of drug-likeness (QED) is 0.478. The molecule has 0 radical (unpaired) electrons. The van der Waals surface area contributed by atoms with Gasteiger partial charge in [-0.3, -0.25) is 0 Å². The number of benzene rings is 1. The van der Waals surface area contributed by atoms with E-state index in [4.69, 9.17) is 9.47 Å². The molecule has 0 heterocycles. The smallest absolute Gasteiger partial charge is 0.338 e. The van der Waals surface area contributed by atoms with E-state index in [9.17, 15) is 4.79 Å². The van der Waals surface area contributed by atoms with E-state index in [1.165, 1.54) is 12.8 Å². The molecular formula is C18H28O3. The van der Waals surface area contributed by atoms with Gasteiger partial charge < -0.3 is 9.47 Å². The van der Waals surface area contributed by atoms with E-state index in [0.29, 0.717) is 18.8 Å². The van der Waals surface area contributed by atoms with Crippen LogP contribution in [0.1, 0.15) is 56.0 Å². The maximum atomic E-state index is 11.8. The zero-order valence-corrected chi connectivity index (χ0v) is 13.6. The van der Waals surface area contributed by atoms with E-state index in [-0.39, 0.29) is 5.97 Å². The number of unbranched alkanes of at least 4 members (excludes halogenated alkanes) is 1. The molecule has 0 unspecified atom stereocenters. The predicted molar refractivity (Wildman–Crippen MR) is 85.6 cm³/mol. The number of hydrogen-bond acceptors (Lipinski definition) is 3. The minimum Gasteiger partial charge on any atom is -0.460 e. The highest BCUT2D eigenvalue weighted by atomic mass is 16.6. The zero-order valence-electron chi connectivity index (χ0n) is 13.6. The fraction of sp³-hybridized carbons (Fsp3) is 0.611. The van der Waals surface area contributed by atoms with Gasteiger partial charge in [0, 0.05) is 6.61 Å². The average molecular weight is 292 g/mol. The summed E-state index contributed by atoms with van der Waals surface area (Å²) < 4.78 is 10.7. The van der Waals surface area contributed by atoms with Gasteiger partial charge in [0.25, 0.3) is 0 Å². The van der Waals surface area contributed by atoms with Crippen LogP contribution in [-0.4, -0.2) is 25.8 Å². The van der Waals surface area contributed by atoms with Crippen molar-refractivity contribution < 1.29 is 14.3 Å². The van der Waals surface area contributed by atoms with Gasteiger partial charge in [-0.2, -0.15) is 0 Å². The molecule has 0 amide bonds. The molecule has 3 heteroatoms. The van der Waals surface area contributed by atoms with E-state index >= 15 is 0 Å². The molecule has 1 rings (SSSR count). The van der Waals surface area contributed by atoms with Crippen LogP contribution >= 0.6 is 0 Å². The first-order valence-corrected chi connectivity index (χ1v) is 7.97. The Morgan fingerprint density at radius 1 is 1.14 bits per heavy atom. The first kappa shape index (κ1) is 17.7. The van der Waals surface area contributed by atoms with Crippen molar-refractivity contribution in [2.45, 2.75) is 46.5 Å². The third-order valence-corrected chi connectivity index (χ3v) is 3.35. The van der Waals surface area contributed by atoms with Crippen molar-refractivity contribution in [1.82, 2.24) is 0 Å². The summed E-state index contributed by atoms with van der Waals surface area (Å²) in [7, 11) is 0. The third kappa shape index (κ3) is 7.86. The monoisotopic (exact) mass is 292 g/mol. The first-order chi connectivity index (χ1) is 10.1. The van der Waals surface area contributed by atoms with Crippen molar-refractivity contribution in [1.29, 1.82) is 0 Å². The van der Waals surface area contributed by atoms with Crippen molar-refractivity contribution in [3.63, 3.8) is 0 Å². The lowest BCUT2D eigenvalue weighted by Crippen LogP contribution is -2.11. The van der Waals surface area contributed by atoms with Crippen LogP contribution in [0, 0.1) is 5.92 Å². The molecule has 0 saturated carbocycles. The Hall–Kier alpha value is -1.35. The van der Waals surface area contributed by atoms with Crippen molar-refractivity contribution in [2.75, 3.05) is 19.8 Å². The summed E-state index contributed by atoms with van der Waals surface area (Å²) in [6, 6.07) is 7.57. The van der Waals surface area contributed by atoms with Crippen molar-refractivity contribution in [2.24, 2.45) is 5.92 Å². The maximum Gasteiger partial charge on any atom is 0.338 e. The van der Waals surface area contributed by atoms with Crippen LogP contribution in [0.4, 0.5) is 0 Å². The molecular weight excluding hydrogens is 264 g/mol. The highest BCUT2D eigenvalue weighted by Gasteiger charge is 2.07. The highest BCUT2D eigenvalue weighted by Crippen LogP contribution is 2.08. The van der Waals surface area contributed by atoms with E-state index in [1.54, 1.807) is 6.07 Å². The van der Waals surface area contributed by atoms with Gasteiger partial charge in [-0.1, -0.05) is 45.7 Å². The van der Waals surface area contributed by atoms with Gasteiger partial charge in [-0.15, -0.1) is 0 Å². The summed E-state index contributed by atoms with van der Waals surface area (Å²) in [5, 5.41) is 0. The fourth-order valence-corrected chi connectivity index (χ4v) is 2.05. The zero-order chi connectivity index (χ0) is 15.5. The van der Waals surface area contributed by atoms with E-state index < -0.39 is 0 Å². The lowest BCUT2D eigenvalue weighted by molar-refractivity contribution is 0.0311. The van der Waals surface area contributed by atoms with E-state index in [1.807, 2.05) is 18.2 Å². The Morgan fingerprint density at radius 2 is 1.95 bits per heavy atom. The number of rotatable bonds is 10. The summed E-state index contributed by atoms with van der Waals surface area (Å²) in [5.74, 6) is 0.485. The van der Waals surface area contributed by atoms with Gasteiger partial charge in [0.15, 0.2) is 0 Å². The summed E-state index contributed by atoms with van der Waals surface area (Å²) in [6.07, 6.45) is 4.43. The topological polar surface area (TPSA) is 35.5 Å². The molecule has 1 aromatic rings. The SMILES string of the molecule is CCc1cccc(C(=O)OCCOCCCCC(C)C)c1. The maximum absolute atomic E-state index is 11.8. The van der Waals surface area contributed by atoms with E-state index in [2.05, 4.69) is 20.8 Å². The van der Waals surface area contributed by atoms with Crippen molar-refractivity contribution >= 4 is 5.97 Å².